The molecule has 4 aliphatic rings. The van der Waals surface area contributed by atoms with E-state index in [1.54, 1.807) is 12.3 Å². The minimum absolute atomic E-state index is 0.106. The van der Waals surface area contributed by atoms with Crippen molar-refractivity contribution in [3.05, 3.63) is 22.8 Å². The third-order valence-electron chi connectivity index (χ3n) is 8.13. The van der Waals surface area contributed by atoms with Crippen molar-refractivity contribution in [2.45, 2.75) is 57.8 Å². The Hall–Kier alpha value is -1.41. The molecule has 34 heavy (non-hydrogen) atoms. The number of hydrogen-bond donors (Lipinski definition) is 4. The van der Waals surface area contributed by atoms with Crippen molar-refractivity contribution in [3.63, 3.8) is 0 Å². The van der Waals surface area contributed by atoms with Gasteiger partial charge in [0.05, 0.1) is 10.6 Å². The number of hydrogen-bond acceptors (Lipinski definition) is 6. The van der Waals surface area contributed by atoms with Gasteiger partial charge in [0.2, 0.25) is 0 Å². The summed E-state index contributed by atoms with van der Waals surface area (Å²) in [6.07, 6.45) is 12.0. The van der Waals surface area contributed by atoms with Gasteiger partial charge in [-0.1, -0.05) is 11.6 Å². The summed E-state index contributed by atoms with van der Waals surface area (Å²) in [4.78, 5) is 19.6. The fourth-order valence-electron chi connectivity index (χ4n) is 7.05. The predicted molar refractivity (Wildman–Crippen MR) is 135 cm³/mol. The Kier molecular flexibility index (Phi) is 9.08. The molecule has 1 amide bonds. The van der Waals surface area contributed by atoms with Crippen LogP contribution in [0.5, 0.6) is 0 Å². The minimum atomic E-state index is -0.106. The third kappa shape index (κ3) is 6.42. The van der Waals surface area contributed by atoms with E-state index in [1.807, 2.05) is 0 Å². The van der Waals surface area contributed by atoms with Gasteiger partial charge < -0.3 is 25.7 Å². The first-order valence-electron chi connectivity index (χ1n) is 13.1. The molecule has 4 aliphatic carbocycles. The highest BCUT2D eigenvalue weighted by Crippen LogP contribution is 2.59. The van der Waals surface area contributed by atoms with Gasteiger partial charge in [-0.25, -0.2) is 4.98 Å². The van der Waals surface area contributed by atoms with Crippen LogP contribution in [0.1, 0.15) is 68.1 Å². The maximum Gasteiger partial charge on any atom is 0.253 e. The molecule has 1 heterocycles. The van der Waals surface area contributed by atoms with Gasteiger partial charge in [0.25, 0.3) is 5.91 Å². The number of halogens is 1. The minimum Gasteiger partial charge on any atom is -0.396 e. The largest absolute Gasteiger partial charge is 0.396 e. The topological polar surface area (TPSA) is 97.7 Å². The van der Waals surface area contributed by atoms with Crippen molar-refractivity contribution < 1.29 is 15.0 Å². The highest BCUT2D eigenvalue weighted by molar-refractivity contribution is 6.36. The van der Waals surface area contributed by atoms with E-state index in [0.29, 0.717) is 28.4 Å². The molecular weight excluding hydrogens is 452 g/mol. The SMILES string of the molecule is O=C(NCC12CC3CC(CC(C3)C1)C2)c1ccnc(NCCCN(CCCO)CCCO)c1Cl. The monoisotopic (exact) mass is 492 g/mol. The van der Waals surface area contributed by atoms with Crippen LogP contribution in [0.2, 0.25) is 5.02 Å². The zero-order valence-electron chi connectivity index (χ0n) is 20.3. The normalized spacial score (nSPS) is 27.4. The van der Waals surface area contributed by atoms with E-state index in [4.69, 9.17) is 21.8 Å². The summed E-state index contributed by atoms with van der Waals surface area (Å²) in [5, 5.41) is 25.0. The van der Waals surface area contributed by atoms with E-state index in [-0.39, 0.29) is 19.1 Å². The van der Waals surface area contributed by atoms with Crippen molar-refractivity contribution >= 4 is 23.3 Å². The number of aromatic nitrogens is 1. The smallest absolute Gasteiger partial charge is 0.253 e. The highest BCUT2D eigenvalue weighted by atomic mass is 35.5. The Morgan fingerprint density at radius 1 is 1.03 bits per heavy atom. The Balaban J connectivity index is 1.26. The number of carbonyl (C=O) groups is 1. The molecule has 8 heteroatoms. The quantitative estimate of drug-likeness (QED) is 0.296. The van der Waals surface area contributed by atoms with E-state index in [1.165, 1.54) is 38.5 Å². The first kappa shape index (κ1) is 25.7. The molecule has 0 radical (unpaired) electrons. The summed E-state index contributed by atoms with van der Waals surface area (Å²) >= 11 is 6.59. The van der Waals surface area contributed by atoms with Crippen LogP contribution >= 0.6 is 11.6 Å². The van der Waals surface area contributed by atoms with E-state index >= 15 is 0 Å². The summed E-state index contributed by atoms with van der Waals surface area (Å²) in [6.45, 7) is 4.27. The summed E-state index contributed by atoms with van der Waals surface area (Å²) in [7, 11) is 0. The number of aliphatic hydroxyl groups excluding tert-OH is 2. The van der Waals surface area contributed by atoms with Crippen LogP contribution in [0.25, 0.3) is 0 Å². The fraction of sp³-hybridized carbons (Fsp3) is 0.769. The van der Waals surface area contributed by atoms with Gasteiger partial charge in [-0.3, -0.25) is 4.79 Å². The lowest BCUT2D eigenvalue weighted by atomic mass is 9.49. The molecule has 1 aromatic rings. The van der Waals surface area contributed by atoms with Crippen molar-refractivity contribution in [3.8, 4) is 0 Å². The highest BCUT2D eigenvalue weighted by Gasteiger charge is 2.50. The van der Waals surface area contributed by atoms with Crippen molar-refractivity contribution in [1.29, 1.82) is 0 Å². The average molecular weight is 493 g/mol. The van der Waals surface area contributed by atoms with Crippen molar-refractivity contribution in [1.82, 2.24) is 15.2 Å². The van der Waals surface area contributed by atoms with Gasteiger partial charge in [0.1, 0.15) is 5.82 Å². The lowest BCUT2D eigenvalue weighted by molar-refractivity contribution is -0.0503. The van der Waals surface area contributed by atoms with Crippen LogP contribution in [0, 0.1) is 23.2 Å². The van der Waals surface area contributed by atoms with E-state index in [2.05, 4.69) is 20.5 Å². The lowest BCUT2D eigenvalue weighted by Gasteiger charge is -2.56. The summed E-state index contributed by atoms with van der Waals surface area (Å²) in [6, 6.07) is 1.70. The Morgan fingerprint density at radius 3 is 2.21 bits per heavy atom. The van der Waals surface area contributed by atoms with Crippen molar-refractivity contribution in [2.75, 3.05) is 51.3 Å². The van der Waals surface area contributed by atoms with Crippen LogP contribution in [0.3, 0.4) is 0 Å². The van der Waals surface area contributed by atoms with Crippen LogP contribution in [-0.4, -0.2) is 71.9 Å². The number of aliphatic hydroxyl groups is 2. The number of carbonyl (C=O) groups excluding carboxylic acids is 1. The van der Waals surface area contributed by atoms with Gasteiger partial charge >= 0.3 is 0 Å². The fourth-order valence-corrected chi connectivity index (χ4v) is 7.31. The number of anilines is 1. The van der Waals surface area contributed by atoms with Gasteiger partial charge in [-0.2, -0.15) is 0 Å². The molecule has 4 N–H and O–H groups in total. The molecule has 4 fully saturated rings. The summed E-state index contributed by atoms with van der Waals surface area (Å²) in [5.41, 5.74) is 0.777. The third-order valence-corrected chi connectivity index (χ3v) is 8.51. The summed E-state index contributed by atoms with van der Waals surface area (Å²) < 4.78 is 0. The van der Waals surface area contributed by atoms with Crippen LogP contribution in [-0.2, 0) is 0 Å². The first-order chi connectivity index (χ1) is 16.5. The second kappa shape index (κ2) is 12.0. The molecule has 0 saturated heterocycles. The maximum absolute atomic E-state index is 13.0. The molecule has 0 spiro atoms. The standard InChI is InChI=1S/C26H41ClN4O3/c27-23-22(25(34)30-18-26-15-19-12-20(16-26)14-21(13-19)17-26)4-6-29-24(23)28-5-1-7-31(8-2-10-32)9-3-11-33/h4,6,19-21,32-33H,1-3,5,7-18H2,(H,28,29)(H,30,34). The molecule has 5 rings (SSSR count). The molecule has 1 aromatic heterocycles. The molecule has 4 bridgehead atoms. The van der Waals surface area contributed by atoms with E-state index in [9.17, 15) is 4.79 Å². The van der Waals surface area contributed by atoms with Gasteiger partial charge in [0.15, 0.2) is 0 Å². The molecule has 7 nitrogen and oxygen atoms in total. The number of pyridine rings is 1. The Morgan fingerprint density at radius 2 is 1.62 bits per heavy atom. The average Bonchev–Trinajstić information content (AvgIpc) is 2.81. The molecule has 4 saturated carbocycles. The number of rotatable bonds is 14. The number of amides is 1. The van der Waals surface area contributed by atoms with Gasteiger partial charge in [0, 0.05) is 45.6 Å². The lowest BCUT2D eigenvalue weighted by Crippen LogP contribution is -2.51. The Bertz CT molecular complexity index is 778. The second-order valence-corrected chi connectivity index (χ2v) is 11.3. The van der Waals surface area contributed by atoms with Gasteiger partial charge in [-0.15, -0.1) is 0 Å². The predicted octanol–water partition coefficient (Wildman–Crippen LogP) is 3.55. The zero-order chi connectivity index (χ0) is 24.0. The van der Waals surface area contributed by atoms with E-state index < -0.39 is 0 Å². The molecule has 0 atom stereocenters. The molecule has 0 aliphatic heterocycles. The molecule has 0 unspecified atom stereocenters. The van der Waals surface area contributed by atoms with E-state index in [0.717, 1.165) is 63.2 Å². The van der Waals surface area contributed by atoms with Crippen molar-refractivity contribution in [2.24, 2.45) is 23.2 Å². The first-order valence-corrected chi connectivity index (χ1v) is 13.5. The second-order valence-electron chi connectivity index (χ2n) is 10.9. The summed E-state index contributed by atoms with van der Waals surface area (Å²) in [5.74, 6) is 3.04. The maximum atomic E-state index is 13.0. The van der Waals surface area contributed by atoms with Crippen LogP contribution in [0.4, 0.5) is 5.82 Å². The number of nitrogens with zero attached hydrogens (tertiary/aromatic N) is 2. The zero-order valence-corrected chi connectivity index (χ0v) is 21.0. The molecule has 190 valence electrons. The Labute approximate surface area is 208 Å². The van der Waals surface area contributed by atoms with Crippen LogP contribution in [0.15, 0.2) is 12.3 Å². The van der Waals surface area contributed by atoms with Gasteiger partial charge in [-0.05, 0) is 93.6 Å². The van der Waals surface area contributed by atoms with Crippen LogP contribution < -0.4 is 10.6 Å². The molecular formula is C26H41ClN4O3. The number of nitrogens with one attached hydrogen (secondary N) is 2. The molecule has 0 aromatic carbocycles.